The molecule has 0 bridgehead atoms. The maximum Gasteiger partial charge on any atom is 0.326 e. The summed E-state index contributed by atoms with van der Waals surface area (Å²) in [5.41, 5.74) is 0. The fourth-order valence-electron chi connectivity index (χ4n) is 1.20. The van der Waals surface area contributed by atoms with Crippen LogP contribution in [0.5, 0.6) is 0 Å². The lowest BCUT2D eigenvalue weighted by Gasteiger charge is -2.20. The van der Waals surface area contributed by atoms with Crippen molar-refractivity contribution in [3.8, 4) is 0 Å². The first kappa shape index (κ1) is 14.6. The lowest BCUT2D eigenvalue weighted by molar-refractivity contribution is -0.143. The molecule has 16 heavy (non-hydrogen) atoms. The maximum atomic E-state index is 11.4. The standard InChI is InChI=1S/C11H20N2O3/c1-4-6-12-7-9(14)13-10(11(15)16)8(3)5-2/h4,8,10,12H,1,5-7H2,2-3H3,(H,13,14)(H,15,16). The third-order valence-corrected chi connectivity index (χ3v) is 2.37. The van der Waals surface area contributed by atoms with E-state index < -0.39 is 12.0 Å². The number of carboxylic acids is 1. The van der Waals surface area contributed by atoms with Crippen LogP contribution in [-0.2, 0) is 9.59 Å². The zero-order valence-electron chi connectivity index (χ0n) is 9.82. The zero-order valence-corrected chi connectivity index (χ0v) is 9.82. The van der Waals surface area contributed by atoms with Crippen molar-refractivity contribution >= 4 is 11.9 Å². The Hall–Kier alpha value is -1.36. The maximum absolute atomic E-state index is 11.4. The van der Waals surface area contributed by atoms with Crippen LogP contribution in [0.2, 0.25) is 0 Å². The molecule has 0 rings (SSSR count). The van der Waals surface area contributed by atoms with Crippen molar-refractivity contribution in [1.82, 2.24) is 10.6 Å². The normalized spacial score (nSPS) is 13.9. The van der Waals surface area contributed by atoms with Crippen LogP contribution in [0.15, 0.2) is 12.7 Å². The van der Waals surface area contributed by atoms with E-state index in [2.05, 4.69) is 17.2 Å². The van der Waals surface area contributed by atoms with Crippen molar-refractivity contribution in [1.29, 1.82) is 0 Å². The number of carboxylic acid groups (broad SMARTS) is 1. The first-order chi connectivity index (χ1) is 7.52. The van der Waals surface area contributed by atoms with Crippen molar-refractivity contribution in [2.24, 2.45) is 5.92 Å². The first-order valence-electron chi connectivity index (χ1n) is 5.36. The van der Waals surface area contributed by atoms with Crippen LogP contribution in [0.4, 0.5) is 0 Å². The van der Waals surface area contributed by atoms with Crippen molar-refractivity contribution in [2.75, 3.05) is 13.1 Å². The van der Waals surface area contributed by atoms with E-state index >= 15 is 0 Å². The highest BCUT2D eigenvalue weighted by Gasteiger charge is 2.24. The van der Waals surface area contributed by atoms with Gasteiger partial charge in [0.05, 0.1) is 6.54 Å². The quantitative estimate of drug-likeness (QED) is 0.414. The molecule has 5 heteroatoms. The van der Waals surface area contributed by atoms with Gasteiger partial charge in [-0.05, 0) is 5.92 Å². The summed E-state index contributed by atoms with van der Waals surface area (Å²) in [6, 6.07) is -0.817. The number of hydrogen-bond donors (Lipinski definition) is 3. The SMILES string of the molecule is C=CCNCC(=O)NC(C(=O)O)C(C)CC. The van der Waals surface area contributed by atoms with E-state index in [1.807, 2.05) is 6.92 Å². The van der Waals surface area contributed by atoms with E-state index in [0.717, 1.165) is 0 Å². The Labute approximate surface area is 95.9 Å². The topological polar surface area (TPSA) is 78.4 Å². The summed E-state index contributed by atoms with van der Waals surface area (Å²) in [6.07, 6.45) is 2.34. The van der Waals surface area contributed by atoms with Gasteiger partial charge in [-0.1, -0.05) is 26.3 Å². The predicted octanol–water partition coefficient (Wildman–Crippen LogP) is 0.377. The Kier molecular flexibility index (Phi) is 7.20. The van der Waals surface area contributed by atoms with Crippen molar-refractivity contribution < 1.29 is 14.7 Å². The molecule has 0 aromatic heterocycles. The number of nitrogens with one attached hydrogen (secondary N) is 2. The van der Waals surface area contributed by atoms with Crippen LogP contribution in [0.25, 0.3) is 0 Å². The Balaban J connectivity index is 4.13. The molecule has 0 aliphatic carbocycles. The monoisotopic (exact) mass is 228 g/mol. The molecule has 0 heterocycles. The lowest BCUT2D eigenvalue weighted by atomic mass is 9.99. The van der Waals surface area contributed by atoms with Gasteiger partial charge in [-0.3, -0.25) is 4.79 Å². The van der Waals surface area contributed by atoms with Crippen LogP contribution in [0.3, 0.4) is 0 Å². The smallest absolute Gasteiger partial charge is 0.326 e. The van der Waals surface area contributed by atoms with E-state index in [-0.39, 0.29) is 18.4 Å². The molecule has 0 fully saturated rings. The molecular formula is C11H20N2O3. The average Bonchev–Trinajstić information content (AvgIpc) is 2.25. The van der Waals surface area contributed by atoms with Crippen LogP contribution in [0.1, 0.15) is 20.3 Å². The van der Waals surface area contributed by atoms with Crippen molar-refractivity contribution in [3.63, 3.8) is 0 Å². The molecule has 2 atom stereocenters. The molecular weight excluding hydrogens is 208 g/mol. The number of aliphatic carboxylic acids is 1. The minimum atomic E-state index is -0.994. The highest BCUT2D eigenvalue weighted by atomic mass is 16.4. The molecule has 0 aliphatic rings. The van der Waals surface area contributed by atoms with Crippen molar-refractivity contribution in [3.05, 3.63) is 12.7 Å². The number of hydrogen-bond acceptors (Lipinski definition) is 3. The molecule has 0 saturated carbocycles. The van der Waals surface area contributed by atoms with Gasteiger partial charge in [0.15, 0.2) is 0 Å². The number of rotatable bonds is 8. The molecule has 0 aliphatic heterocycles. The average molecular weight is 228 g/mol. The Morgan fingerprint density at radius 1 is 1.50 bits per heavy atom. The summed E-state index contributed by atoms with van der Waals surface area (Å²) in [6.45, 7) is 7.82. The van der Waals surface area contributed by atoms with Gasteiger partial charge >= 0.3 is 5.97 Å². The van der Waals surface area contributed by atoms with Crippen molar-refractivity contribution in [2.45, 2.75) is 26.3 Å². The Morgan fingerprint density at radius 3 is 2.56 bits per heavy atom. The first-order valence-corrected chi connectivity index (χ1v) is 5.36. The zero-order chi connectivity index (χ0) is 12.6. The number of carbonyl (C=O) groups excluding carboxylic acids is 1. The third-order valence-electron chi connectivity index (χ3n) is 2.37. The molecule has 2 unspecified atom stereocenters. The van der Waals surface area contributed by atoms with E-state index in [1.165, 1.54) is 0 Å². The highest BCUT2D eigenvalue weighted by molar-refractivity contribution is 5.84. The van der Waals surface area contributed by atoms with Gasteiger partial charge < -0.3 is 15.7 Å². The molecule has 0 spiro atoms. The summed E-state index contributed by atoms with van der Waals surface area (Å²) in [5.74, 6) is -1.39. The fourth-order valence-corrected chi connectivity index (χ4v) is 1.20. The summed E-state index contributed by atoms with van der Waals surface area (Å²) >= 11 is 0. The van der Waals surface area contributed by atoms with Crippen LogP contribution >= 0.6 is 0 Å². The molecule has 5 nitrogen and oxygen atoms in total. The number of carbonyl (C=O) groups is 2. The van der Waals surface area contributed by atoms with E-state index in [4.69, 9.17) is 5.11 Å². The van der Waals surface area contributed by atoms with E-state index in [9.17, 15) is 9.59 Å². The van der Waals surface area contributed by atoms with Gasteiger partial charge in [-0.25, -0.2) is 4.79 Å². The minimum Gasteiger partial charge on any atom is -0.480 e. The van der Waals surface area contributed by atoms with E-state index in [1.54, 1.807) is 13.0 Å². The molecule has 0 aromatic rings. The summed E-state index contributed by atoms with van der Waals surface area (Å²) in [5, 5.41) is 14.2. The van der Waals surface area contributed by atoms with Gasteiger partial charge in [-0.15, -0.1) is 6.58 Å². The second-order valence-corrected chi connectivity index (χ2v) is 3.69. The van der Waals surface area contributed by atoms with Crippen LogP contribution in [0, 0.1) is 5.92 Å². The molecule has 1 amide bonds. The molecule has 92 valence electrons. The van der Waals surface area contributed by atoms with Crippen LogP contribution in [-0.4, -0.2) is 36.1 Å². The molecule has 0 aromatic carbocycles. The summed E-state index contributed by atoms with van der Waals surface area (Å²) in [7, 11) is 0. The second-order valence-electron chi connectivity index (χ2n) is 3.69. The second kappa shape index (κ2) is 7.87. The van der Waals surface area contributed by atoms with Crippen LogP contribution < -0.4 is 10.6 Å². The fraction of sp³-hybridized carbons (Fsp3) is 0.636. The Morgan fingerprint density at radius 2 is 2.12 bits per heavy atom. The van der Waals surface area contributed by atoms with Gasteiger partial charge in [0, 0.05) is 6.54 Å². The number of amides is 1. The summed E-state index contributed by atoms with van der Waals surface area (Å²) in [4.78, 5) is 22.3. The largest absolute Gasteiger partial charge is 0.480 e. The van der Waals surface area contributed by atoms with E-state index in [0.29, 0.717) is 13.0 Å². The minimum absolute atomic E-state index is 0.0825. The van der Waals surface area contributed by atoms with Gasteiger partial charge in [0.2, 0.25) is 5.91 Å². The highest BCUT2D eigenvalue weighted by Crippen LogP contribution is 2.07. The van der Waals surface area contributed by atoms with Gasteiger partial charge in [0.1, 0.15) is 6.04 Å². The molecule has 0 saturated heterocycles. The van der Waals surface area contributed by atoms with Gasteiger partial charge in [0.25, 0.3) is 0 Å². The van der Waals surface area contributed by atoms with Gasteiger partial charge in [-0.2, -0.15) is 0 Å². The molecule has 0 radical (unpaired) electrons. The Bertz CT molecular complexity index is 254. The third kappa shape index (κ3) is 5.50. The molecule has 3 N–H and O–H groups in total. The summed E-state index contributed by atoms with van der Waals surface area (Å²) < 4.78 is 0. The lowest BCUT2D eigenvalue weighted by Crippen LogP contribution is -2.47. The predicted molar refractivity (Wildman–Crippen MR) is 62.1 cm³/mol.